The lowest BCUT2D eigenvalue weighted by Crippen LogP contribution is -2.25. The number of hydrogen-bond donors (Lipinski definition) is 0. The predicted molar refractivity (Wildman–Crippen MR) is 74.9 cm³/mol. The zero-order valence-corrected chi connectivity index (χ0v) is 12.1. The number of hydrogen-bond acceptors (Lipinski definition) is 5. The van der Waals surface area contributed by atoms with Crippen molar-refractivity contribution in [1.82, 2.24) is 9.55 Å². The number of nitrogens with zero attached hydrogens (tertiary/aromatic N) is 2. The zero-order chi connectivity index (χ0) is 15.4. The molecule has 6 nitrogen and oxygen atoms in total. The minimum absolute atomic E-state index is 0.233. The van der Waals surface area contributed by atoms with Gasteiger partial charge in [0.2, 0.25) is 0 Å². The van der Waals surface area contributed by atoms with Crippen LogP contribution in [0.1, 0.15) is 27.8 Å². The fourth-order valence-electron chi connectivity index (χ4n) is 2.16. The van der Waals surface area contributed by atoms with Gasteiger partial charge in [0.1, 0.15) is 0 Å². The third-order valence-electron chi connectivity index (χ3n) is 3.17. The first-order chi connectivity index (χ1) is 10.1. The Kier molecular flexibility index (Phi) is 4.37. The topological polar surface area (TPSA) is 70.4 Å². The van der Waals surface area contributed by atoms with Crippen molar-refractivity contribution in [2.75, 3.05) is 14.2 Å². The number of carbonyl (C=O) groups excluding carboxylic acids is 2. The monoisotopic (exact) mass is 288 g/mol. The van der Waals surface area contributed by atoms with Crippen LogP contribution in [-0.2, 0) is 14.3 Å². The molecule has 2 aromatic rings. The highest BCUT2D eigenvalue weighted by molar-refractivity contribution is 5.90. The lowest BCUT2D eigenvalue weighted by molar-refractivity contribution is -0.143. The van der Waals surface area contributed by atoms with E-state index in [0.29, 0.717) is 11.3 Å². The van der Waals surface area contributed by atoms with E-state index >= 15 is 0 Å². The van der Waals surface area contributed by atoms with E-state index < -0.39 is 18.0 Å². The summed E-state index contributed by atoms with van der Waals surface area (Å²) in [5, 5.41) is 0. The number of imidazole rings is 1. The SMILES string of the molecule is COC(=O)c1c(C)ncn1[C@@H](C(=O)OC)c1ccccc1. The molecule has 0 amide bonds. The molecule has 1 aromatic heterocycles. The maximum absolute atomic E-state index is 12.2. The smallest absolute Gasteiger partial charge is 0.356 e. The van der Waals surface area contributed by atoms with Gasteiger partial charge in [-0.25, -0.2) is 14.6 Å². The van der Waals surface area contributed by atoms with Crippen LogP contribution in [0, 0.1) is 6.92 Å². The molecule has 0 spiro atoms. The second-order valence-corrected chi connectivity index (χ2v) is 4.41. The second kappa shape index (κ2) is 6.21. The number of benzene rings is 1. The lowest BCUT2D eigenvalue weighted by Gasteiger charge is -2.18. The quantitative estimate of drug-likeness (QED) is 0.801. The molecule has 1 atom stereocenters. The molecule has 0 N–H and O–H groups in total. The first-order valence-corrected chi connectivity index (χ1v) is 6.34. The van der Waals surface area contributed by atoms with Gasteiger partial charge in [0.05, 0.1) is 26.2 Å². The van der Waals surface area contributed by atoms with Crippen LogP contribution in [0.15, 0.2) is 36.7 Å². The molecule has 0 bridgehead atoms. The van der Waals surface area contributed by atoms with Gasteiger partial charge in [0, 0.05) is 0 Å². The summed E-state index contributed by atoms with van der Waals surface area (Å²) in [6.45, 7) is 1.68. The van der Waals surface area contributed by atoms with Crippen molar-refractivity contribution in [3.8, 4) is 0 Å². The van der Waals surface area contributed by atoms with Crippen molar-refractivity contribution in [1.29, 1.82) is 0 Å². The summed E-state index contributed by atoms with van der Waals surface area (Å²) in [6, 6.07) is 8.26. The van der Waals surface area contributed by atoms with Crippen molar-refractivity contribution in [2.45, 2.75) is 13.0 Å². The fourth-order valence-corrected chi connectivity index (χ4v) is 2.16. The average molecular weight is 288 g/mol. The van der Waals surface area contributed by atoms with Gasteiger partial charge in [-0.15, -0.1) is 0 Å². The maximum atomic E-state index is 12.2. The van der Waals surface area contributed by atoms with Crippen LogP contribution in [0.2, 0.25) is 0 Å². The number of aromatic nitrogens is 2. The van der Waals surface area contributed by atoms with Gasteiger partial charge in [0.15, 0.2) is 11.7 Å². The number of aryl methyl sites for hydroxylation is 1. The molecule has 2 rings (SSSR count). The Morgan fingerprint density at radius 3 is 2.38 bits per heavy atom. The molecule has 21 heavy (non-hydrogen) atoms. The number of esters is 2. The Morgan fingerprint density at radius 2 is 1.81 bits per heavy atom. The van der Waals surface area contributed by atoms with Crippen molar-refractivity contribution in [2.24, 2.45) is 0 Å². The maximum Gasteiger partial charge on any atom is 0.356 e. The van der Waals surface area contributed by atoms with Gasteiger partial charge >= 0.3 is 11.9 Å². The summed E-state index contributed by atoms with van der Waals surface area (Å²) >= 11 is 0. The standard InChI is InChI=1S/C15H16N2O4/c1-10-12(14(18)20-2)17(9-16-10)13(15(19)21-3)11-7-5-4-6-8-11/h4-9,13H,1-3H3/t13-/m1/s1. The summed E-state index contributed by atoms with van der Waals surface area (Å²) < 4.78 is 11.1. The Labute approximate surface area is 122 Å². The predicted octanol–water partition coefficient (Wildman–Crippen LogP) is 1.74. The van der Waals surface area contributed by atoms with Crippen molar-refractivity contribution in [3.05, 3.63) is 53.6 Å². The molecule has 110 valence electrons. The van der Waals surface area contributed by atoms with Gasteiger partial charge in [-0.1, -0.05) is 30.3 Å². The van der Waals surface area contributed by atoms with Crippen LogP contribution in [0.25, 0.3) is 0 Å². The van der Waals surface area contributed by atoms with E-state index in [1.807, 2.05) is 18.2 Å². The van der Waals surface area contributed by atoms with Crippen molar-refractivity contribution >= 4 is 11.9 Å². The Morgan fingerprint density at radius 1 is 1.14 bits per heavy atom. The molecule has 0 aliphatic rings. The largest absolute Gasteiger partial charge is 0.467 e. The summed E-state index contributed by atoms with van der Waals surface area (Å²) in [6.07, 6.45) is 1.44. The number of ether oxygens (including phenoxy) is 2. The fraction of sp³-hybridized carbons (Fsp3) is 0.267. The molecular formula is C15H16N2O4. The molecule has 1 aromatic carbocycles. The third-order valence-corrected chi connectivity index (χ3v) is 3.17. The van der Waals surface area contributed by atoms with E-state index in [9.17, 15) is 9.59 Å². The minimum Gasteiger partial charge on any atom is -0.467 e. The molecule has 0 aliphatic carbocycles. The van der Waals surface area contributed by atoms with Gasteiger partial charge in [-0.3, -0.25) is 0 Å². The van der Waals surface area contributed by atoms with Crippen molar-refractivity contribution < 1.29 is 19.1 Å². The highest BCUT2D eigenvalue weighted by Crippen LogP contribution is 2.23. The van der Waals surface area contributed by atoms with Crippen LogP contribution in [0.4, 0.5) is 0 Å². The van der Waals surface area contributed by atoms with Crippen LogP contribution in [0.3, 0.4) is 0 Å². The van der Waals surface area contributed by atoms with E-state index in [2.05, 4.69) is 4.98 Å². The molecule has 6 heteroatoms. The van der Waals surface area contributed by atoms with Gasteiger partial charge < -0.3 is 14.0 Å². The molecular weight excluding hydrogens is 272 g/mol. The molecule has 0 radical (unpaired) electrons. The minimum atomic E-state index is -0.786. The molecule has 0 saturated heterocycles. The van der Waals surface area contributed by atoms with Crippen molar-refractivity contribution in [3.63, 3.8) is 0 Å². The van der Waals surface area contributed by atoms with Crippen LogP contribution >= 0.6 is 0 Å². The summed E-state index contributed by atoms with van der Waals surface area (Å²) in [5.41, 5.74) is 1.43. The molecule has 0 fully saturated rings. The third kappa shape index (κ3) is 2.79. The molecule has 0 saturated carbocycles. The molecule has 0 unspecified atom stereocenters. The summed E-state index contributed by atoms with van der Waals surface area (Å²) in [7, 11) is 2.59. The molecule has 1 heterocycles. The second-order valence-electron chi connectivity index (χ2n) is 4.41. The summed E-state index contributed by atoms with van der Waals surface area (Å²) in [4.78, 5) is 28.2. The van der Waals surface area contributed by atoms with Gasteiger partial charge in [-0.05, 0) is 12.5 Å². The number of rotatable bonds is 4. The normalized spacial score (nSPS) is 11.8. The van der Waals surface area contributed by atoms with Crippen LogP contribution in [-0.4, -0.2) is 35.7 Å². The van der Waals surface area contributed by atoms with E-state index in [-0.39, 0.29) is 5.69 Å². The first kappa shape index (κ1) is 14.8. The number of carbonyl (C=O) groups is 2. The summed E-state index contributed by atoms with van der Waals surface area (Å²) in [5.74, 6) is -1.03. The van der Waals surface area contributed by atoms with Gasteiger partial charge in [0.25, 0.3) is 0 Å². The number of methoxy groups -OCH3 is 2. The Balaban J connectivity index is 2.58. The average Bonchev–Trinajstić information content (AvgIpc) is 2.89. The van der Waals surface area contributed by atoms with E-state index in [1.54, 1.807) is 19.1 Å². The van der Waals surface area contributed by atoms with Gasteiger partial charge in [-0.2, -0.15) is 0 Å². The van der Waals surface area contributed by atoms with Crippen LogP contribution < -0.4 is 0 Å². The lowest BCUT2D eigenvalue weighted by atomic mass is 10.1. The Bertz CT molecular complexity index is 649. The van der Waals surface area contributed by atoms with Crippen LogP contribution in [0.5, 0.6) is 0 Å². The zero-order valence-electron chi connectivity index (χ0n) is 12.1. The molecule has 0 aliphatic heterocycles. The van der Waals surface area contributed by atoms with E-state index in [1.165, 1.54) is 25.1 Å². The van der Waals surface area contributed by atoms with E-state index in [0.717, 1.165) is 0 Å². The first-order valence-electron chi connectivity index (χ1n) is 6.34. The highest BCUT2D eigenvalue weighted by atomic mass is 16.5. The van der Waals surface area contributed by atoms with E-state index in [4.69, 9.17) is 9.47 Å². The highest BCUT2D eigenvalue weighted by Gasteiger charge is 2.29. The Hall–Kier alpha value is -2.63.